The number of nitrogens with zero attached hydrogens (tertiary/aromatic N) is 3. The molecule has 7 nitrogen and oxygen atoms in total. The van der Waals surface area contributed by atoms with Gasteiger partial charge in [0.1, 0.15) is 5.54 Å². The molecular formula is C21H27ClN4O3. The first-order chi connectivity index (χ1) is 14.0. The van der Waals surface area contributed by atoms with Gasteiger partial charge in [-0.05, 0) is 37.1 Å². The third-order valence-corrected chi connectivity index (χ3v) is 6.58. The van der Waals surface area contributed by atoms with E-state index in [4.69, 9.17) is 11.6 Å². The highest BCUT2D eigenvalue weighted by Crippen LogP contribution is 2.33. The fourth-order valence-electron chi connectivity index (χ4n) is 4.61. The first-order valence-electron chi connectivity index (χ1n) is 10.4. The third kappa shape index (κ3) is 4.06. The summed E-state index contributed by atoms with van der Waals surface area (Å²) in [5, 5.41) is 3.60. The summed E-state index contributed by atoms with van der Waals surface area (Å²) in [4.78, 5) is 43.1. The van der Waals surface area contributed by atoms with Gasteiger partial charge in [0.2, 0.25) is 5.91 Å². The molecule has 1 saturated carbocycles. The number of carbonyl (C=O) groups excluding carboxylic acids is 3. The van der Waals surface area contributed by atoms with Crippen LogP contribution in [0.1, 0.15) is 38.5 Å². The normalized spacial score (nSPS) is 21.6. The second-order valence-corrected chi connectivity index (χ2v) is 8.56. The maximum Gasteiger partial charge on any atom is 0.325 e. The Morgan fingerprint density at radius 3 is 2.31 bits per heavy atom. The molecule has 0 bridgehead atoms. The molecule has 8 heteroatoms. The van der Waals surface area contributed by atoms with E-state index in [0.717, 1.165) is 38.0 Å². The number of hydrogen-bond donors (Lipinski definition) is 1. The van der Waals surface area contributed by atoms with Gasteiger partial charge in [-0.15, -0.1) is 0 Å². The number of rotatable bonds is 4. The van der Waals surface area contributed by atoms with E-state index in [-0.39, 0.29) is 30.8 Å². The van der Waals surface area contributed by atoms with Crippen molar-refractivity contribution < 1.29 is 14.4 Å². The number of benzene rings is 1. The molecule has 0 aromatic heterocycles. The molecule has 1 N–H and O–H groups in total. The van der Waals surface area contributed by atoms with Gasteiger partial charge in [0.05, 0.1) is 0 Å². The van der Waals surface area contributed by atoms with Gasteiger partial charge in [-0.2, -0.15) is 0 Å². The Bertz CT molecular complexity index is 784. The molecule has 4 rings (SSSR count). The highest BCUT2D eigenvalue weighted by Gasteiger charge is 2.51. The van der Waals surface area contributed by atoms with Gasteiger partial charge in [0.15, 0.2) is 0 Å². The lowest BCUT2D eigenvalue weighted by atomic mass is 9.82. The molecule has 156 valence electrons. The number of nitrogens with one attached hydrogen (secondary N) is 1. The molecular weight excluding hydrogens is 392 g/mol. The number of hydrogen-bond acceptors (Lipinski definition) is 4. The topological polar surface area (TPSA) is 73.0 Å². The van der Waals surface area contributed by atoms with Crippen LogP contribution in [0.15, 0.2) is 24.3 Å². The number of halogens is 1. The first kappa shape index (κ1) is 20.0. The van der Waals surface area contributed by atoms with Gasteiger partial charge < -0.3 is 15.1 Å². The largest absolute Gasteiger partial charge is 0.368 e. The predicted molar refractivity (Wildman–Crippen MR) is 111 cm³/mol. The molecule has 29 heavy (non-hydrogen) atoms. The van der Waals surface area contributed by atoms with Crippen molar-refractivity contribution in [3.05, 3.63) is 29.3 Å². The van der Waals surface area contributed by atoms with E-state index in [2.05, 4.69) is 10.2 Å². The minimum Gasteiger partial charge on any atom is -0.368 e. The van der Waals surface area contributed by atoms with E-state index in [1.54, 1.807) is 0 Å². The average Bonchev–Trinajstić information content (AvgIpc) is 2.96. The highest BCUT2D eigenvalue weighted by molar-refractivity contribution is 6.30. The van der Waals surface area contributed by atoms with Crippen molar-refractivity contribution >= 4 is 35.1 Å². The zero-order valence-electron chi connectivity index (χ0n) is 16.5. The van der Waals surface area contributed by atoms with Gasteiger partial charge in [-0.1, -0.05) is 30.9 Å². The summed E-state index contributed by atoms with van der Waals surface area (Å²) in [7, 11) is 0. The van der Waals surface area contributed by atoms with Crippen LogP contribution in [-0.4, -0.2) is 65.9 Å². The van der Waals surface area contributed by atoms with E-state index in [1.165, 1.54) is 4.90 Å². The quantitative estimate of drug-likeness (QED) is 0.763. The summed E-state index contributed by atoms with van der Waals surface area (Å²) < 4.78 is 0. The van der Waals surface area contributed by atoms with E-state index in [0.29, 0.717) is 31.0 Å². The summed E-state index contributed by atoms with van der Waals surface area (Å²) in [6.07, 6.45) is 4.60. The molecule has 4 amide bonds. The maximum absolute atomic E-state index is 12.8. The van der Waals surface area contributed by atoms with E-state index < -0.39 is 5.54 Å². The van der Waals surface area contributed by atoms with E-state index in [9.17, 15) is 14.4 Å². The molecule has 2 aliphatic heterocycles. The summed E-state index contributed by atoms with van der Waals surface area (Å²) >= 11 is 5.94. The van der Waals surface area contributed by atoms with E-state index >= 15 is 0 Å². The Balaban J connectivity index is 1.28. The summed E-state index contributed by atoms with van der Waals surface area (Å²) in [6.45, 7) is 2.92. The van der Waals surface area contributed by atoms with Crippen LogP contribution in [0.4, 0.5) is 10.5 Å². The van der Waals surface area contributed by atoms with Gasteiger partial charge in [0.25, 0.3) is 5.91 Å². The third-order valence-electron chi connectivity index (χ3n) is 6.33. The second-order valence-electron chi connectivity index (χ2n) is 8.12. The Hall–Kier alpha value is -2.28. The molecule has 0 atom stereocenters. The van der Waals surface area contributed by atoms with Gasteiger partial charge in [-0.25, -0.2) is 4.79 Å². The molecule has 1 spiro atoms. The standard InChI is InChI=1S/C21H27ClN4O3/c22-16-4-6-17(7-5-16)24-12-14-25(15-13-24)18(27)8-11-26-19(28)21(23-20(26)29)9-2-1-3-10-21/h4-7H,1-3,8-15H2,(H,23,29). The Labute approximate surface area is 176 Å². The summed E-state index contributed by atoms with van der Waals surface area (Å²) in [5.74, 6) is -0.159. The van der Waals surface area contributed by atoms with Crippen molar-refractivity contribution in [1.82, 2.24) is 15.1 Å². The number of anilines is 1. The number of carbonyl (C=O) groups is 3. The summed E-state index contributed by atoms with van der Waals surface area (Å²) in [5.41, 5.74) is 0.376. The predicted octanol–water partition coefficient (Wildman–Crippen LogP) is 2.63. The van der Waals surface area contributed by atoms with E-state index in [1.807, 2.05) is 29.2 Å². The Morgan fingerprint density at radius 1 is 1.00 bits per heavy atom. The maximum atomic E-state index is 12.8. The lowest BCUT2D eigenvalue weighted by Crippen LogP contribution is -2.50. The number of imide groups is 1. The van der Waals surface area contributed by atoms with Gasteiger partial charge in [-0.3, -0.25) is 14.5 Å². The number of amides is 4. The molecule has 0 unspecified atom stereocenters. The minimum atomic E-state index is -0.720. The monoisotopic (exact) mass is 418 g/mol. The fraction of sp³-hybridized carbons (Fsp3) is 0.571. The molecule has 0 radical (unpaired) electrons. The average molecular weight is 419 g/mol. The van der Waals surface area contributed by atoms with Crippen molar-refractivity contribution in [1.29, 1.82) is 0 Å². The van der Waals surface area contributed by atoms with Crippen LogP contribution in [0, 0.1) is 0 Å². The smallest absolute Gasteiger partial charge is 0.325 e. The lowest BCUT2D eigenvalue weighted by molar-refractivity contribution is -0.134. The number of piperazine rings is 1. The van der Waals surface area contributed by atoms with Crippen LogP contribution in [-0.2, 0) is 9.59 Å². The Morgan fingerprint density at radius 2 is 1.66 bits per heavy atom. The molecule has 3 fully saturated rings. The summed E-state index contributed by atoms with van der Waals surface area (Å²) in [6, 6.07) is 7.35. The molecule has 1 aromatic rings. The molecule has 1 aliphatic carbocycles. The van der Waals surface area contributed by atoms with Crippen LogP contribution in [0.25, 0.3) is 0 Å². The SMILES string of the molecule is O=C(CCN1C(=O)NC2(CCCCC2)C1=O)N1CCN(c2ccc(Cl)cc2)CC1. The van der Waals surface area contributed by atoms with Gasteiger partial charge in [0, 0.05) is 49.9 Å². The second kappa shape index (κ2) is 8.22. The van der Waals surface area contributed by atoms with Crippen molar-refractivity contribution in [2.45, 2.75) is 44.1 Å². The number of urea groups is 1. The van der Waals surface area contributed by atoms with Crippen molar-refractivity contribution in [2.75, 3.05) is 37.6 Å². The zero-order chi connectivity index (χ0) is 20.4. The Kier molecular flexibility index (Phi) is 5.67. The zero-order valence-corrected chi connectivity index (χ0v) is 17.3. The van der Waals surface area contributed by atoms with Crippen LogP contribution in [0.5, 0.6) is 0 Å². The van der Waals surface area contributed by atoms with Crippen LogP contribution < -0.4 is 10.2 Å². The van der Waals surface area contributed by atoms with Gasteiger partial charge >= 0.3 is 6.03 Å². The molecule has 2 saturated heterocycles. The van der Waals surface area contributed by atoms with Crippen LogP contribution >= 0.6 is 11.6 Å². The molecule has 2 heterocycles. The lowest BCUT2D eigenvalue weighted by Gasteiger charge is -2.36. The minimum absolute atomic E-state index is 0.00838. The molecule has 3 aliphatic rings. The first-order valence-corrected chi connectivity index (χ1v) is 10.8. The van der Waals surface area contributed by atoms with Crippen molar-refractivity contribution in [3.63, 3.8) is 0 Å². The van der Waals surface area contributed by atoms with Crippen LogP contribution in [0.2, 0.25) is 5.02 Å². The highest BCUT2D eigenvalue weighted by atomic mass is 35.5. The van der Waals surface area contributed by atoms with Crippen molar-refractivity contribution in [2.24, 2.45) is 0 Å². The van der Waals surface area contributed by atoms with Crippen molar-refractivity contribution in [3.8, 4) is 0 Å². The fourth-order valence-corrected chi connectivity index (χ4v) is 4.73. The molecule has 1 aromatic carbocycles. The van der Waals surface area contributed by atoms with Crippen LogP contribution in [0.3, 0.4) is 0 Å².